The highest BCUT2D eigenvalue weighted by Crippen LogP contribution is 2.38. The van der Waals surface area contributed by atoms with E-state index in [0.29, 0.717) is 30.6 Å². The van der Waals surface area contributed by atoms with Crippen molar-refractivity contribution in [1.82, 2.24) is 5.32 Å². The quantitative estimate of drug-likeness (QED) is 0.900. The zero-order valence-corrected chi connectivity index (χ0v) is 12.5. The van der Waals surface area contributed by atoms with E-state index in [-0.39, 0.29) is 13.0 Å². The summed E-state index contributed by atoms with van der Waals surface area (Å²) in [7, 11) is 0. The Morgan fingerprint density at radius 3 is 2.70 bits per heavy atom. The van der Waals surface area contributed by atoms with E-state index in [0.717, 1.165) is 5.56 Å². The molecule has 0 spiro atoms. The SMILES string of the molecule is O=C(NC1CCCCC1C(F)(F)F)C1=Cc2ccccc2OC1. The third-order valence-electron chi connectivity index (χ3n) is 4.43. The molecule has 1 heterocycles. The Balaban J connectivity index is 1.73. The van der Waals surface area contributed by atoms with Crippen molar-refractivity contribution in [1.29, 1.82) is 0 Å². The van der Waals surface area contributed by atoms with Gasteiger partial charge in [-0.2, -0.15) is 13.2 Å². The van der Waals surface area contributed by atoms with Crippen LogP contribution in [0, 0.1) is 5.92 Å². The molecule has 0 aromatic heterocycles. The van der Waals surface area contributed by atoms with Crippen molar-refractivity contribution < 1.29 is 22.7 Å². The third-order valence-corrected chi connectivity index (χ3v) is 4.43. The molecule has 1 saturated carbocycles. The number of nitrogens with one attached hydrogen (secondary N) is 1. The molecular formula is C17H18F3NO2. The van der Waals surface area contributed by atoms with E-state index in [1.165, 1.54) is 0 Å². The number of carbonyl (C=O) groups is 1. The smallest absolute Gasteiger partial charge is 0.393 e. The monoisotopic (exact) mass is 325 g/mol. The number of hydrogen-bond acceptors (Lipinski definition) is 2. The van der Waals surface area contributed by atoms with E-state index in [2.05, 4.69) is 5.32 Å². The molecule has 0 bridgehead atoms. The molecule has 0 saturated heterocycles. The number of rotatable bonds is 2. The number of fused-ring (bicyclic) bond motifs is 1. The summed E-state index contributed by atoms with van der Waals surface area (Å²) in [6.07, 6.45) is -0.902. The van der Waals surface area contributed by atoms with E-state index in [4.69, 9.17) is 4.74 Å². The standard InChI is InChI=1S/C17H18F3NO2/c18-17(19,20)13-6-2-3-7-14(13)21-16(22)12-9-11-5-1-4-8-15(11)23-10-12/h1,4-5,8-9,13-14H,2-3,6-7,10H2,(H,21,22). The van der Waals surface area contributed by atoms with Gasteiger partial charge in [-0.05, 0) is 25.0 Å². The van der Waals surface area contributed by atoms with Gasteiger partial charge in [-0.1, -0.05) is 31.0 Å². The van der Waals surface area contributed by atoms with Gasteiger partial charge in [0.05, 0.1) is 11.5 Å². The lowest BCUT2D eigenvalue weighted by atomic mass is 9.84. The molecule has 23 heavy (non-hydrogen) atoms. The number of para-hydroxylation sites is 1. The van der Waals surface area contributed by atoms with Crippen LogP contribution in [0.1, 0.15) is 31.2 Å². The van der Waals surface area contributed by atoms with Crippen molar-refractivity contribution in [2.24, 2.45) is 5.92 Å². The van der Waals surface area contributed by atoms with Crippen LogP contribution in [0.15, 0.2) is 29.8 Å². The predicted molar refractivity (Wildman–Crippen MR) is 79.9 cm³/mol. The predicted octanol–water partition coefficient (Wildman–Crippen LogP) is 3.70. The molecule has 2 atom stereocenters. The minimum Gasteiger partial charge on any atom is -0.488 e. The highest BCUT2D eigenvalue weighted by atomic mass is 19.4. The molecule has 1 aliphatic heterocycles. The van der Waals surface area contributed by atoms with Crippen molar-refractivity contribution in [2.75, 3.05) is 6.61 Å². The Labute approximate surface area is 132 Å². The molecule has 2 unspecified atom stereocenters. The molecule has 1 amide bonds. The van der Waals surface area contributed by atoms with E-state index >= 15 is 0 Å². The Morgan fingerprint density at radius 2 is 1.91 bits per heavy atom. The summed E-state index contributed by atoms with van der Waals surface area (Å²) in [6.45, 7) is 0.0756. The van der Waals surface area contributed by atoms with Gasteiger partial charge in [0.25, 0.3) is 5.91 Å². The topological polar surface area (TPSA) is 38.3 Å². The van der Waals surface area contributed by atoms with Crippen molar-refractivity contribution in [3.05, 3.63) is 35.4 Å². The van der Waals surface area contributed by atoms with Crippen LogP contribution in [0.2, 0.25) is 0 Å². The average Bonchev–Trinajstić information content (AvgIpc) is 2.54. The summed E-state index contributed by atoms with van der Waals surface area (Å²) < 4.78 is 44.8. The van der Waals surface area contributed by atoms with Gasteiger partial charge >= 0.3 is 6.18 Å². The molecule has 3 rings (SSSR count). The number of benzene rings is 1. The van der Waals surface area contributed by atoms with Crippen LogP contribution in [0.25, 0.3) is 6.08 Å². The minimum atomic E-state index is -4.28. The first-order valence-electron chi connectivity index (χ1n) is 7.75. The first-order valence-corrected chi connectivity index (χ1v) is 7.75. The fourth-order valence-corrected chi connectivity index (χ4v) is 3.20. The summed E-state index contributed by atoms with van der Waals surface area (Å²) in [5, 5.41) is 2.57. The fourth-order valence-electron chi connectivity index (χ4n) is 3.20. The summed E-state index contributed by atoms with van der Waals surface area (Å²) >= 11 is 0. The van der Waals surface area contributed by atoms with E-state index in [1.54, 1.807) is 18.2 Å². The Morgan fingerprint density at radius 1 is 1.17 bits per heavy atom. The second kappa shape index (κ2) is 6.26. The minimum absolute atomic E-state index is 0.0756. The van der Waals surface area contributed by atoms with Crippen molar-refractivity contribution in [2.45, 2.75) is 37.9 Å². The maximum absolute atomic E-state index is 13.1. The van der Waals surface area contributed by atoms with Crippen LogP contribution in [0.5, 0.6) is 5.75 Å². The number of carbonyl (C=O) groups excluding carboxylic acids is 1. The van der Waals surface area contributed by atoms with Crippen LogP contribution >= 0.6 is 0 Å². The number of halogens is 3. The number of amides is 1. The lowest BCUT2D eigenvalue weighted by molar-refractivity contribution is -0.189. The van der Waals surface area contributed by atoms with E-state index in [9.17, 15) is 18.0 Å². The van der Waals surface area contributed by atoms with E-state index < -0.39 is 24.0 Å². The maximum Gasteiger partial charge on any atom is 0.393 e. The molecule has 1 N–H and O–H groups in total. The maximum atomic E-state index is 13.1. The number of alkyl halides is 3. The Hall–Kier alpha value is -1.98. The third kappa shape index (κ3) is 3.51. The van der Waals surface area contributed by atoms with Gasteiger partial charge in [-0.25, -0.2) is 0 Å². The van der Waals surface area contributed by atoms with Crippen molar-refractivity contribution in [3.63, 3.8) is 0 Å². The van der Waals surface area contributed by atoms with Gasteiger partial charge in [0.2, 0.25) is 0 Å². The summed E-state index contributed by atoms with van der Waals surface area (Å²) in [4.78, 5) is 12.3. The van der Waals surface area contributed by atoms with Crippen LogP contribution in [0.3, 0.4) is 0 Å². The molecule has 1 aliphatic carbocycles. The highest BCUT2D eigenvalue weighted by Gasteiger charge is 2.46. The lowest BCUT2D eigenvalue weighted by Gasteiger charge is -2.33. The molecule has 3 nitrogen and oxygen atoms in total. The molecule has 1 aromatic rings. The lowest BCUT2D eigenvalue weighted by Crippen LogP contribution is -2.48. The summed E-state index contributed by atoms with van der Waals surface area (Å²) in [5.41, 5.74) is 1.12. The highest BCUT2D eigenvalue weighted by molar-refractivity contribution is 5.99. The molecule has 6 heteroatoms. The fraction of sp³-hybridized carbons (Fsp3) is 0.471. The van der Waals surface area contributed by atoms with Crippen molar-refractivity contribution in [3.8, 4) is 5.75 Å². The van der Waals surface area contributed by atoms with Crippen LogP contribution in [-0.2, 0) is 4.79 Å². The first kappa shape index (κ1) is 15.9. The Bertz CT molecular complexity index is 625. The second-order valence-corrected chi connectivity index (χ2v) is 6.01. The zero-order valence-electron chi connectivity index (χ0n) is 12.5. The zero-order chi connectivity index (χ0) is 16.4. The first-order chi connectivity index (χ1) is 10.9. The van der Waals surface area contributed by atoms with Gasteiger partial charge in [-0.3, -0.25) is 4.79 Å². The summed E-state index contributed by atoms with van der Waals surface area (Å²) in [5.74, 6) is -1.26. The van der Waals surface area contributed by atoms with Gasteiger partial charge < -0.3 is 10.1 Å². The molecule has 1 fully saturated rings. The van der Waals surface area contributed by atoms with Gasteiger partial charge in [0, 0.05) is 11.6 Å². The van der Waals surface area contributed by atoms with Crippen LogP contribution in [0.4, 0.5) is 13.2 Å². The second-order valence-electron chi connectivity index (χ2n) is 6.01. The largest absolute Gasteiger partial charge is 0.488 e. The number of hydrogen-bond donors (Lipinski definition) is 1. The van der Waals surface area contributed by atoms with Crippen LogP contribution < -0.4 is 10.1 Å². The van der Waals surface area contributed by atoms with Crippen LogP contribution in [-0.4, -0.2) is 24.7 Å². The van der Waals surface area contributed by atoms with E-state index in [1.807, 2.05) is 12.1 Å². The summed E-state index contributed by atoms with van der Waals surface area (Å²) in [6, 6.07) is 6.39. The Kier molecular flexibility index (Phi) is 4.33. The molecular weight excluding hydrogens is 307 g/mol. The molecule has 124 valence electrons. The molecule has 0 radical (unpaired) electrons. The van der Waals surface area contributed by atoms with Crippen molar-refractivity contribution >= 4 is 12.0 Å². The normalized spacial score (nSPS) is 24.2. The number of ether oxygens (including phenoxy) is 1. The molecule has 1 aromatic carbocycles. The average molecular weight is 325 g/mol. The van der Waals surface area contributed by atoms with Gasteiger partial charge in [0.1, 0.15) is 12.4 Å². The van der Waals surface area contributed by atoms with Gasteiger partial charge in [-0.15, -0.1) is 0 Å². The van der Waals surface area contributed by atoms with Gasteiger partial charge in [0.15, 0.2) is 0 Å². The molecule has 2 aliphatic rings.